The largest absolute Gasteiger partial charge is 0.477 e. The first-order valence-corrected chi connectivity index (χ1v) is 6.42. The third kappa shape index (κ3) is 3.88. The number of rotatable bonds is 6. The molecule has 3 nitrogen and oxygen atoms in total. The van der Waals surface area contributed by atoms with Gasteiger partial charge in [0.25, 0.3) is 0 Å². The average Bonchev–Trinajstić information content (AvgIpc) is 2.66. The van der Waals surface area contributed by atoms with E-state index in [2.05, 4.69) is 18.2 Å². The molecule has 2 N–H and O–H groups in total. The number of hydrogen-bond donors (Lipinski definition) is 2. The molecule has 0 spiro atoms. The van der Waals surface area contributed by atoms with Gasteiger partial charge in [-0.25, -0.2) is 4.79 Å². The Bertz CT molecular complexity index is 431. The lowest BCUT2D eigenvalue weighted by Gasteiger charge is -2.11. The van der Waals surface area contributed by atoms with Crippen LogP contribution in [0.1, 0.15) is 39.9 Å². The summed E-state index contributed by atoms with van der Waals surface area (Å²) in [6, 6.07) is 1.78. The Kier molecular flexibility index (Phi) is 5.20. The lowest BCUT2D eigenvalue weighted by Crippen LogP contribution is -2.26. The number of carbonyl (C=O) groups is 1. The first-order chi connectivity index (χ1) is 8.08. The molecule has 1 rings (SSSR count). The Morgan fingerprint density at radius 2 is 2.41 bits per heavy atom. The molecule has 0 amide bonds. The zero-order valence-corrected chi connectivity index (χ0v) is 10.9. The smallest absolute Gasteiger partial charge is 0.345 e. The second-order valence-corrected chi connectivity index (χ2v) is 5.14. The highest BCUT2D eigenvalue weighted by Crippen LogP contribution is 2.21. The van der Waals surface area contributed by atoms with Crippen molar-refractivity contribution in [3.63, 3.8) is 0 Å². The molecule has 1 heterocycles. The Morgan fingerprint density at radius 1 is 1.71 bits per heavy atom. The van der Waals surface area contributed by atoms with E-state index in [0.29, 0.717) is 11.4 Å². The monoisotopic (exact) mass is 251 g/mol. The van der Waals surface area contributed by atoms with E-state index < -0.39 is 5.97 Å². The predicted octanol–water partition coefficient (Wildman–Crippen LogP) is 2.65. The van der Waals surface area contributed by atoms with Gasteiger partial charge in [-0.15, -0.1) is 17.8 Å². The molecule has 0 aliphatic rings. The fourth-order valence-corrected chi connectivity index (χ4v) is 2.45. The topological polar surface area (TPSA) is 49.3 Å². The third-order valence-corrected chi connectivity index (χ3v) is 3.63. The molecule has 0 saturated heterocycles. The first kappa shape index (κ1) is 13.8. The molecule has 1 unspecified atom stereocenters. The van der Waals surface area contributed by atoms with Crippen LogP contribution < -0.4 is 5.32 Å². The summed E-state index contributed by atoms with van der Waals surface area (Å²) in [4.78, 5) is 12.2. The van der Waals surface area contributed by atoms with Gasteiger partial charge in [-0.1, -0.05) is 19.3 Å². The fraction of sp³-hybridized carbons (Fsp3) is 0.462. The van der Waals surface area contributed by atoms with Crippen LogP contribution in [0.25, 0.3) is 0 Å². The molecule has 92 valence electrons. The van der Waals surface area contributed by atoms with Crippen molar-refractivity contribution in [2.24, 2.45) is 0 Å². The summed E-state index contributed by atoms with van der Waals surface area (Å²) < 4.78 is 0. The number of thiophene rings is 1. The van der Waals surface area contributed by atoms with Gasteiger partial charge in [0.05, 0.1) is 6.04 Å². The van der Waals surface area contributed by atoms with Crippen LogP contribution in [0.5, 0.6) is 0 Å². The number of aryl methyl sites for hydroxylation is 1. The van der Waals surface area contributed by atoms with E-state index in [4.69, 9.17) is 11.5 Å². The summed E-state index contributed by atoms with van der Waals surface area (Å²) in [5, 5.41) is 12.1. The highest BCUT2D eigenvalue weighted by Gasteiger charge is 2.11. The summed E-state index contributed by atoms with van der Waals surface area (Å²) in [5.74, 6) is 1.83. The molecule has 0 bridgehead atoms. The van der Waals surface area contributed by atoms with Crippen molar-refractivity contribution in [1.82, 2.24) is 5.32 Å². The SMILES string of the molecule is C#CC(CCC)NCc1cc(C(=O)O)sc1C. The molecule has 0 saturated carbocycles. The summed E-state index contributed by atoms with van der Waals surface area (Å²) in [6.45, 7) is 4.65. The Morgan fingerprint density at radius 3 is 2.88 bits per heavy atom. The summed E-state index contributed by atoms with van der Waals surface area (Å²) in [7, 11) is 0. The van der Waals surface area contributed by atoms with E-state index in [-0.39, 0.29) is 6.04 Å². The van der Waals surface area contributed by atoms with Crippen LogP contribution in [0.2, 0.25) is 0 Å². The zero-order chi connectivity index (χ0) is 12.8. The number of nitrogens with one attached hydrogen (secondary N) is 1. The van der Waals surface area contributed by atoms with Crippen molar-refractivity contribution in [2.45, 2.75) is 39.3 Å². The number of aromatic carboxylic acids is 1. The van der Waals surface area contributed by atoms with Gasteiger partial charge in [0.2, 0.25) is 0 Å². The summed E-state index contributed by atoms with van der Waals surface area (Å²) >= 11 is 1.30. The van der Waals surface area contributed by atoms with E-state index in [1.807, 2.05) is 6.92 Å². The minimum atomic E-state index is -0.869. The highest BCUT2D eigenvalue weighted by molar-refractivity contribution is 7.14. The molecule has 17 heavy (non-hydrogen) atoms. The Balaban J connectivity index is 2.63. The van der Waals surface area contributed by atoms with Crippen molar-refractivity contribution in [3.05, 3.63) is 21.4 Å². The van der Waals surface area contributed by atoms with E-state index in [1.165, 1.54) is 11.3 Å². The fourth-order valence-electron chi connectivity index (χ4n) is 1.57. The molecule has 0 fully saturated rings. The molecule has 1 aromatic heterocycles. The Labute approximate surface area is 106 Å². The molecule has 1 aromatic rings. The van der Waals surface area contributed by atoms with Gasteiger partial charge in [0, 0.05) is 11.4 Å². The second-order valence-electron chi connectivity index (χ2n) is 3.89. The van der Waals surface area contributed by atoms with Crippen molar-refractivity contribution >= 4 is 17.3 Å². The molecule has 0 radical (unpaired) electrons. The maximum Gasteiger partial charge on any atom is 0.345 e. The summed E-state index contributed by atoms with van der Waals surface area (Å²) in [5.41, 5.74) is 1.02. The van der Waals surface area contributed by atoms with Crippen LogP contribution in [0.4, 0.5) is 0 Å². The van der Waals surface area contributed by atoms with Crippen molar-refractivity contribution in [1.29, 1.82) is 0 Å². The normalized spacial score (nSPS) is 12.1. The quantitative estimate of drug-likeness (QED) is 0.764. The number of carboxylic acid groups (broad SMARTS) is 1. The van der Waals surface area contributed by atoms with Gasteiger partial charge >= 0.3 is 5.97 Å². The molecule has 0 aliphatic heterocycles. The van der Waals surface area contributed by atoms with Gasteiger partial charge in [-0.05, 0) is 25.0 Å². The highest BCUT2D eigenvalue weighted by atomic mass is 32.1. The van der Waals surface area contributed by atoms with Gasteiger partial charge in [0.15, 0.2) is 0 Å². The van der Waals surface area contributed by atoms with E-state index >= 15 is 0 Å². The molecular formula is C13H17NO2S. The van der Waals surface area contributed by atoms with E-state index in [1.54, 1.807) is 6.07 Å². The van der Waals surface area contributed by atoms with Crippen LogP contribution in [-0.4, -0.2) is 17.1 Å². The van der Waals surface area contributed by atoms with E-state index in [0.717, 1.165) is 23.3 Å². The minimum Gasteiger partial charge on any atom is -0.477 e. The standard InChI is InChI=1S/C13H17NO2S/c1-4-6-11(5-2)14-8-10-7-12(13(15)16)17-9(10)3/h2,7,11,14H,4,6,8H2,1,3H3,(H,15,16). The molecule has 0 aromatic carbocycles. The molecule has 4 heteroatoms. The van der Waals surface area contributed by atoms with Crippen LogP contribution >= 0.6 is 11.3 Å². The maximum absolute atomic E-state index is 10.8. The first-order valence-electron chi connectivity index (χ1n) is 5.60. The van der Waals surface area contributed by atoms with E-state index in [9.17, 15) is 4.79 Å². The lowest BCUT2D eigenvalue weighted by atomic mass is 10.1. The zero-order valence-electron chi connectivity index (χ0n) is 10.1. The second kappa shape index (κ2) is 6.43. The van der Waals surface area contributed by atoms with Crippen molar-refractivity contribution in [2.75, 3.05) is 0 Å². The maximum atomic E-state index is 10.8. The Hall–Kier alpha value is -1.31. The minimum absolute atomic E-state index is 0.0626. The van der Waals surface area contributed by atoms with Gasteiger partial charge < -0.3 is 5.11 Å². The van der Waals surface area contributed by atoms with Crippen LogP contribution in [0.3, 0.4) is 0 Å². The van der Waals surface area contributed by atoms with Crippen molar-refractivity contribution < 1.29 is 9.90 Å². The van der Waals surface area contributed by atoms with Gasteiger partial charge in [-0.2, -0.15) is 0 Å². The van der Waals surface area contributed by atoms with Crippen LogP contribution in [0, 0.1) is 19.3 Å². The van der Waals surface area contributed by atoms with Crippen molar-refractivity contribution in [3.8, 4) is 12.3 Å². The van der Waals surface area contributed by atoms with Gasteiger partial charge in [-0.3, -0.25) is 5.32 Å². The average molecular weight is 251 g/mol. The van der Waals surface area contributed by atoms with Gasteiger partial charge in [0.1, 0.15) is 4.88 Å². The summed E-state index contributed by atoms with van der Waals surface area (Å²) in [6.07, 6.45) is 7.38. The number of carboxylic acids is 1. The molecular weight excluding hydrogens is 234 g/mol. The number of terminal acetylenes is 1. The molecule has 0 aliphatic carbocycles. The number of hydrogen-bond acceptors (Lipinski definition) is 3. The predicted molar refractivity (Wildman–Crippen MR) is 70.4 cm³/mol. The van der Waals surface area contributed by atoms with Crippen LogP contribution in [-0.2, 0) is 6.54 Å². The third-order valence-electron chi connectivity index (χ3n) is 2.55. The molecule has 1 atom stereocenters. The van der Waals surface area contributed by atoms with Crippen LogP contribution in [0.15, 0.2) is 6.07 Å². The lowest BCUT2D eigenvalue weighted by molar-refractivity contribution is 0.0702.